The third-order valence-electron chi connectivity index (χ3n) is 4.56. The summed E-state index contributed by atoms with van der Waals surface area (Å²) >= 11 is 0. The lowest BCUT2D eigenvalue weighted by atomic mass is 10.1. The zero-order valence-corrected chi connectivity index (χ0v) is 19.1. The Balaban J connectivity index is 0.000000301. The lowest BCUT2D eigenvalue weighted by Crippen LogP contribution is -2.22. The lowest BCUT2D eigenvalue weighted by Gasteiger charge is -2.17. The largest absolute Gasteiger partial charge is 0.354 e. The standard InChI is InChI=1S/C14H23NO.C10H14FN3/c1-4-7-9-13(10-8-5-2)11-12-14(16)15-6-3;1-7-3-4-14(6-7)10-9(11)5-12-8(2)13-10/h7,9-12H,4-6,8H2,1-3H3,(H,15,16);5,7H,3-4,6H2,1-2H3/b9-7+,12-11+,13-10+;. The first kappa shape index (κ1) is 25.5. The fourth-order valence-corrected chi connectivity index (χ4v) is 2.95. The van der Waals surface area contributed by atoms with Crippen LogP contribution in [0.3, 0.4) is 0 Å². The van der Waals surface area contributed by atoms with Crippen molar-refractivity contribution in [2.24, 2.45) is 5.92 Å². The second-order valence-electron chi connectivity index (χ2n) is 7.46. The van der Waals surface area contributed by atoms with E-state index in [4.69, 9.17) is 0 Å². The molecule has 1 aliphatic rings. The number of unbranched alkanes of at least 4 members (excludes halogenated alkanes) is 1. The average molecular weight is 417 g/mol. The second-order valence-corrected chi connectivity index (χ2v) is 7.46. The van der Waals surface area contributed by atoms with Gasteiger partial charge in [-0.25, -0.2) is 14.4 Å². The second kappa shape index (κ2) is 14.5. The van der Waals surface area contributed by atoms with Crippen molar-refractivity contribution in [3.8, 4) is 0 Å². The van der Waals surface area contributed by atoms with Crippen LogP contribution in [-0.2, 0) is 4.79 Å². The highest BCUT2D eigenvalue weighted by atomic mass is 19.1. The van der Waals surface area contributed by atoms with E-state index in [0.717, 1.165) is 44.3 Å². The molecule has 6 heteroatoms. The van der Waals surface area contributed by atoms with Gasteiger partial charge in [0.2, 0.25) is 5.91 Å². The van der Waals surface area contributed by atoms with Crippen LogP contribution in [0.5, 0.6) is 0 Å². The molecule has 1 amide bonds. The van der Waals surface area contributed by atoms with Crippen LogP contribution in [-0.4, -0.2) is 35.5 Å². The number of nitrogens with one attached hydrogen (secondary N) is 1. The quantitative estimate of drug-likeness (QED) is 0.471. The molecule has 2 rings (SSSR count). The van der Waals surface area contributed by atoms with E-state index < -0.39 is 0 Å². The number of hydrogen-bond donors (Lipinski definition) is 1. The highest BCUT2D eigenvalue weighted by Gasteiger charge is 2.22. The number of hydrogen-bond acceptors (Lipinski definition) is 4. The van der Waals surface area contributed by atoms with Crippen LogP contribution < -0.4 is 10.2 Å². The summed E-state index contributed by atoms with van der Waals surface area (Å²) in [4.78, 5) is 21.2. The summed E-state index contributed by atoms with van der Waals surface area (Å²) in [5, 5.41) is 2.74. The fraction of sp³-hybridized carbons (Fsp3) is 0.542. The first-order valence-corrected chi connectivity index (χ1v) is 11.0. The molecule has 0 aliphatic carbocycles. The van der Waals surface area contributed by atoms with Gasteiger partial charge in [-0.05, 0) is 50.7 Å². The van der Waals surface area contributed by atoms with Crippen LogP contribution in [0.15, 0.2) is 42.2 Å². The van der Waals surface area contributed by atoms with Crippen LogP contribution in [0.1, 0.15) is 59.2 Å². The third-order valence-corrected chi connectivity index (χ3v) is 4.56. The number of amides is 1. The maximum absolute atomic E-state index is 13.4. The number of anilines is 1. The molecule has 2 heterocycles. The van der Waals surface area contributed by atoms with Crippen LogP contribution in [0.2, 0.25) is 0 Å². The molecule has 1 unspecified atom stereocenters. The van der Waals surface area contributed by atoms with Crippen molar-refractivity contribution in [2.75, 3.05) is 24.5 Å². The Morgan fingerprint density at radius 1 is 1.30 bits per heavy atom. The average Bonchev–Trinajstić information content (AvgIpc) is 3.16. The number of carbonyl (C=O) groups is 1. The van der Waals surface area contributed by atoms with Gasteiger partial charge in [-0.3, -0.25) is 4.79 Å². The van der Waals surface area contributed by atoms with Gasteiger partial charge in [0.1, 0.15) is 5.82 Å². The molecule has 5 nitrogen and oxygen atoms in total. The highest BCUT2D eigenvalue weighted by molar-refractivity contribution is 5.88. The zero-order valence-electron chi connectivity index (χ0n) is 19.1. The van der Waals surface area contributed by atoms with E-state index in [2.05, 4.69) is 54.3 Å². The van der Waals surface area contributed by atoms with Crippen LogP contribution in [0, 0.1) is 18.7 Å². The Bertz CT molecular complexity index is 743. The van der Waals surface area contributed by atoms with E-state index in [-0.39, 0.29) is 11.7 Å². The topological polar surface area (TPSA) is 58.1 Å². The molecule has 1 atom stereocenters. The molecule has 0 bridgehead atoms. The molecule has 1 saturated heterocycles. The summed E-state index contributed by atoms with van der Waals surface area (Å²) in [6.07, 6.45) is 15.3. The number of nitrogens with zero attached hydrogens (tertiary/aromatic N) is 3. The smallest absolute Gasteiger partial charge is 0.243 e. The van der Waals surface area contributed by atoms with E-state index in [1.54, 1.807) is 13.0 Å². The van der Waals surface area contributed by atoms with E-state index in [1.165, 1.54) is 6.20 Å². The van der Waals surface area contributed by atoms with Crippen LogP contribution in [0.4, 0.5) is 10.2 Å². The highest BCUT2D eigenvalue weighted by Crippen LogP contribution is 2.23. The normalized spacial score (nSPS) is 16.8. The van der Waals surface area contributed by atoms with E-state index in [9.17, 15) is 9.18 Å². The Morgan fingerprint density at radius 2 is 2.07 bits per heavy atom. The van der Waals surface area contributed by atoms with Gasteiger partial charge >= 0.3 is 0 Å². The van der Waals surface area contributed by atoms with Crippen molar-refractivity contribution in [1.29, 1.82) is 0 Å². The summed E-state index contributed by atoms with van der Waals surface area (Å²) in [5.41, 5.74) is 1.11. The molecule has 30 heavy (non-hydrogen) atoms. The van der Waals surface area contributed by atoms with Crippen molar-refractivity contribution in [3.63, 3.8) is 0 Å². The molecule has 1 fully saturated rings. The Morgan fingerprint density at radius 3 is 2.67 bits per heavy atom. The van der Waals surface area contributed by atoms with Gasteiger partial charge in [0.05, 0.1) is 6.20 Å². The van der Waals surface area contributed by atoms with E-state index in [1.807, 2.05) is 17.9 Å². The number of allylic oxidation sites excluding steroid dienone is 5. The minimum absolute atomic E-state index is 0.0326. The van der Waals surface area contributed by atoms with Crippen molar-refractivity contribution >= 4 is 11.7 Å². The zero-order chi connectivity index (χ0) is 22.4. The van der Waals surface area contributed by atoms with Gasteiger partial charge < -0.3 is 10.2 Å². The molecule has 0 saturated carbocycles. The third kappa shape index (κ3) is 9.81. The minimum atomic E-state index is -0.315. The first-order valence-electron chi connectivity index (χ1n) is 11.0. The summed E-state index contributed by atoms with van der Waals surface area (Å²) < 4.78 is 13.4. The Labute approximate surface area is 181 Å². The molecule has 1 aliphatic heterocycles. The minimum Gasteiger partial charge on any atom is -0.354 e. The van der Waals surface area contributed by atoms with E-state index in [0.29, 0.717) is 24.1 Å². The molecule has 0 aromatic carbocycles. The predicted molar refractivity (Wildman–Crippen MR) is 123 cm³/mol. The number of aryl methyl sites for hydroxylation is 1. The number of aromatic nitrogens is 2. The maximum Gasteiger partial charge on any atom is 0.243 e. The molecule has 0 spiro atoms. The summed E-state index contributed by atoms with van der Waals surface area (Å²) in [5.74, 6) is 1.37. The number of rotatable bonds is 8. The number of halogens is 1. The van der Waals surface area contributed by atoms with Crippen LogP contribution in [0.25, 0.3) is 0 Å². The lowest BCUT2D eigenvalue weighted by molar-refractivity contribution is -0.116. The Hall–Kier alpha value is -2.50. The molecule has 1 aromatic rings. The van der Waals surface area contributed by atoms with Gasteiger partial charge in [0.15, 0.2) is 11.6 Å². The SMILES string of the molecule is CC/C=C/C(/C=C/C(=O)NCC)=C\CCC.Cc1ncc(F)c(N2CCC(C)C2)n1. The van der Waals surface area contributed by atoms with E-state index >= 15 is 0 Å². The number of carbonyl (C=O) groups excluding carboxylic acids is 1. The predicted octanol–water partition coefficient (Wildman–Crippen LogP) is 5.14. The maximum atomic E-state index is 13.4. The van der Waals surface area contributed by atoms with Crippen molar-refractivity contribution in [3.05, 3.63) is 53.8 Å². The molecular weight excluding hydrogens is 379 g/mol. The number of likely N-dealkylation sites (N-methyl/N-ethyl adjacent to an activating group) is 1. The van der Waals surface area contributed by atoms with Crippen molar-refractivity contribution in [2.45, 2.75) is 60.3 Å². The molecule has 0 radical (unpaired) electrons. The fourth-order valence-electron chi connectivity index (χ4n) is 2.95. The first-order chi connectivity index (χ1) is 14.4. The van der Waals surface area contributed by atoms with Crippen molar-refractivity contribution in [1.82, 2.24) is 15.3 Å². The molecule has 1 N–H and O–H groups in total. The van der Waals surface area contributed by atoms with Gasteiger partial charge in [-0.15, -0.1) is 0 Å². The monoisotopic (exact) mass is 416 g/mol. The van der Waals surface area contributed by atoms with Gasteiger partial charge in [-0.1, -0.05) is 45.4 Å². The van der Waals surface area contributed by atoms with Gasteiger partial charge in [0, 0.05) is 25.7 Å². The molecule has 1 aromatic heterocycles. The van der Waals surface area contributed by atoms with Gasteiger partial charge in [-0.2, -0.15) is 0 Å². The van der Waals surface area contributed by atoms with Crippen molar-refractivity contribution < 1.29 is 9.18 Å². The molecular formula is C24H37FN4O. The summed E-state index contributed by atoms with van der Waals surface area (Å²) in [6, 6.07) is 0. The van der Waals surface area contributed by atoms with Crippen LogP contribution >= 0.6 is 0 Å². The summed E-state index contributed by atoms with van der Waals surface area (Å²) in [7, 11) is 0. The molecule has 166 valence electrons. The summed E-state index contributed by atoms with van der Waals surface area (Å²) in [6.45, 7) is 12.6. The van der Waals surface area contributed by atoms with Gasteiger partial charge in [0.25, 0.3) is 0 Å². The Kier molecular flexibility index (Phi) is 12.3.